The maximum atomic E-state index is 11.9. The van der Waals surface area contributed by atoms with E-state index in [0.717, 1.165) is 5.56 Å². The van der Waals surface area contributed by atoms with E-state index < -0.39 is 11.4 Å². The van der Waals surface area contributed by atoms with Gasteiger partial charge in [0.1, 0.15) is 5.56 Å². The number of pyridine rings is 1. The average Bonchev–Trinajstić information content (AvgIpc) is 2.37. The molecule has 104 valence electrons. The lowest BCUT2D eigenvalue weighted by molar-refractivity contribution is 0.0694. The second-order valence-corrected chi connectivity index (χ2v) is 5.65. The number of aromatic nitrogens is 1. The van der Waals surface area contributed by atoms with E-state index in [1.54, 1.807) is 0 Å². The largest absolute Gasteiger partial charge is 0.477 e. The van der Waals surface area contributed by atoms with E-state index in [1.165, 1.54) is 12.3 Å². The van der Waals surface area contributed by atoms with Gasteiger partial charge in [-0.2, -0.15) is 0 Å². The smallest absolute Gasteiger partial charge is 0.341 e. The maximum absolute atomic E-state index is 11.9. The van der Waals surface area contributed by atoms with Gasteiger partial charge in [-0.15, -0.1) is 0 Å². The van der Waals surface area contributed by atoms with Gasteiger partial charge >= 0.3 is 5.97 Å². The molecular weight excluding hydrogens is 254 g/mol. The predicted octanol–water partition coefficient (Wildman–Crippen LogP) is 2.97. The lowest BCUT2D eigenvalue weighted by Gasteiger charge is -2.27. The maximum Gasteiger partial charge on any atom is 0.341 e. The SMILES string of the molecule is CC(C)(C)n1cc(C(=O)O)c(=O)cc1-c1ccccc1. The molecule has 4 nitrogen and oxygen atoms in total. The topological polar surface area (TPSA) is 59.3 Å². The van der Waals surface area contributed by atoms with Crippen LogP contribution < -0.4 is 5.43 Å². The molecule has 2 aromatic rings. The summed E-state index contributed by atoms with van der Waals surface area (Å²) in [5.74, 6) is -1.20. The van der Waals surface area contributed by atoms with Crippen molar-refractivity contribution in [2.24, 2.45) is 0 Å². The Morgan fingerprint density at radius 1 is 1.15 bits per heavy atom. The van der Waals surface area contributed by atoms with Gasteiger partial charge in [0.25, 0.3) is 0 Å². The van der Waals surface area contributed by atoms with E-state index in [1.807, 2.05) is 55.7 Å². The number of aromatic carboxylic acids is 1. The molecule has 4 heteroatoms. The molecule has 0 bridgehead atoms. The Morgan fingerprint density at radius 3 is 2.25 bits per heavy atom. The van der Waals surface area contributed by atoms with Gasteiger partial charge in [-0.1, -0.05) is 30.3 Å². The van der Waals surface area contributed by atoms with Crippen molar-refractivity contribution in [3.8, 4) is 11.3 Å². The lowest BCUT2D eigenvalue weighted by Crippen LogP contribution is -2.28. The highest BCUT2D eigenvalue weighted by Crippen LogP contribution is 2.25. The van der Waals surface area contributed by atoms with E-state index in [-0.39, 0.29) is 11.1 Å². The molecule has 0 saturated carbocycles. The van der Waals surface area contributed by atoms with Crippen LogP contribution in [0.1, 0.15) is 31.1 Å². The lowest BCUT2D eigenvalue weighted by atomic mass is 10.0. The first kappa shape index (κ1) is 14.1. The van der Waals surface area contributed by atoms with Crippen LogP contribution in [0.4, 0.5) is 0 Å². The van der Waals surface area contributed by atoms with Crippen molar-refractivity contribution in [2.75, 3.05) is 0 Å². The number of hydrogen-bond donors (Lipinski definition) is 1. The highest BCUT2D eigenvalue weighted by Gasteiger charge is 2.20. The minimum absolute atomic E-state index is 0.209. The van der Waals surface area contributed by atoms with Gasteiger partial charge in [-0.25, -0.2) is 4.79 Å². The Kier molecular flexibility index (Phi) is 3.49. The number of rotatable bonds is 2. The molecule has 0 fully saturated rings. The predicted molar refractivity (Wildman–Crippen MR) is 78.1 cm³/mol. The molecule has 0 aliphatic heterocycles. The van der Waals surface area contributed by atoms with Gasteiger partial charge in [-0.3, -0.25) is 4.79 Å². The number of nitrogens with zero attached hydrogens (tertiary/aromatic N) is 1. The first-order chi connectivity index (χ1) is 9.30. The number of carbonyl (C=O) groups is 1. The van der Waals surface area contributed by atoms with Crippen LogP contribution in [0, 0.1) is 0 Å². The number of carboxylic acids is 1. The molecule has 0 atom stereocenters. The summed E-state index contributed by atoms with van der Waals surface area (Å²) < 4.78 is 1.83. The highest BCUT2D eigenvalue weighted by molar-refractivity contribution is 5.87. The van der Waals surface area contributed by atoms with Crippen molar-refractivity contribution in [2.45, 2.75) is 26.3 Å². The molecule has 20 heavy (non-hydrogen) atoms. The third-order valence-corrected chi connectivity index (χ3v) is 3.07. The van der Waals surface area contributed by atoms with Crippen LogP contribution in [0.2, 0.25) is 0 Å². The van der Waals surface area contributed by atoms with Crippen molar-refractivity contribution in [3.05, 3.63) is 58.4 Å². The molecule has 1 heterocycles. The van der Waals surface area contributed by atoms with Crippen LogP contribution in [-0.4, -0.2) is 15.6 Å². The van der Waals surface area contributed by atoms with Gasteiger partial charge in [0.05, 0.1) is 5.69 Å². The zero-order valence-corrected chi connectivity index (χ0v) is 11.8. The first-order valence-corrected chi connectivity index (χ1v) is 6.36. The zero-order valence-electron chi connectivity index (χ0n) is 11.8. The molecule has 0 saturated heterocycles. The number of carboxylic acid groups (broad SMARTS) is 1. The van der Waals surface area contributed by atoms with E-state index in [4.69, 9.17) is 5.11 Å². The molecule has 0 amide bonds. The fourth-order valence-corrected chi connectivity index (χ4v) is 2.08. The fraction of sp³-hybridized carbons (Fsp3) is 0.250. The second kappa shape index (κ2) is 4.96. The van der Waals surface area contributed by atoms with Crippen LogP contribution in [0.5, 0.6) is 0 Å². The van der Waals surface area contributed by atoms with Gasteiger partial charge < -0.3 is 9.67 Å². The molecule has 0 aliphatic carbocycles. The van der Waals surface area contributed by atoms with E-state index in [2.05, 4.69) is 0 Å². The van der Waals surface area contributed by atoms with Crippen molar-refractivity contribution >= 4 is 5.97 Å². The minimum atomic E-state index is -1.20. The number of hydrogen-bond acceptors (Lipinski definition) is 2. The quantitative estimate of drug-likeness (QED) is 0.913. The number of benzene rings is 1. The van der Waals surface area contributed by atoms with Gasteiger partial charge in [0.2, 0.25) is 0 Å². The fourth-order valence-electron chi connectivity index (χ4n) is 2.08. The summed E-state index contributed by atoms with van der Waals surface area (Å²) in [6.45, 7) is 5.90. The summed E-state index contributed by atoms with van der Waals surface area (Å²) in [6.07, 6.45) is 1.42. The van der Waals surface area contributed by atoms with Gasteiger partial charge in [0, 0.05) is 17.8 Å². The summed E-state index contributed by atoms with van der Waals surface area (Å²) in [4.78, 5) is 23.1. The van der Waals surface area contributed by atoms with E-state index in [0.29, 0.717) is 5.69 Å². The third-order valence-electron chi connectivity index (χ3n) is 3.07. The van der Waals surface area contributed by atoms with Crippen molar-refractivity contribution in [1.29, 1.82) is 0 Å². The summed E-state index contributed by atoms with van der Waals surface area (Å²) in [5.41, 5.74) is 0.587. The van der Waals surface area contributed by atoms with Gasteiger partial charge in [0.15, 0.2) is 5.43 Å². The van der Waals surface area contributed by atoms with Crippen LogP contribution in [0.25, 0.3) is 11.3 Å². The van der Waals surface area contributed by atoms with Crippen LogP contribution in [0.15, 0.2) is 47.4 Å². The molecule has 1 aromatic heterocycles. The van der Waals surface area contributed by atoms with Gasteiger partial charge in [-0.05, 0) is 26.3 Å². The molecule has 0 spiro atoms. The molecule has 1 N–H and O–H groups in total. The molecule has 0 unspecified atom stereocenters. The summed E-state index contributed by atoms with van der Waals surface area (Å²) in [6, 6.07) is 10.9. The average molecular weight is 271 g/mol. The monoisotopic (exact) mass is 271 g/mol. The molecule has 0 aliphatic rings. The first-order valence-electron chi connectivity index (χ1n) is 6.36. The highest BCUT2D eigenvalue weighted by atomic mass is 16.4. The minimum Gasteiger partial charge on any atom is -0.477 e. The third kappa shape index (κ3) is 2.64. The van der Waals surface area contributed by atoms with E-state index in [9.17, 15) is 9.59 Å². The molecular formula is C16H17NO3. The van der Waals surface area contributed by atoms with Crippen LogP contribution >= 0.6 is 0 Å². The standard InChI is InChI=1S/C16H17NO3/c1-16(2,3)17-10-12(15(19)20)14(18)9-13(17)11-7-5-4-6-8-11/h4-10H,1-3H3,(H,19,20). The van der Waals surface area contributed by atoms with Crippen LogP contribution in [-0.2, 0) is 5.54 Å². The Balaban J connectivity index is 2.78. The van der Waals surface area contributed by atoms with Crippen LogP contribution in [0.3, 0.4) is 0 Å². The molecule has 1 aromatic carbocycles. The molecule has 0 radical (unpaired) electrons. The van der Waals surface area contributed by atoms with Crippen molar-refractivity contribution in [3.63, 3.8) is 0 Å². The zero-order chi connectivity index (χ0) is 14.9. The van der Waals surface area contributed by atoms with Crippen molar-refractivity contribution in [1.82, 2.24) is 4.57 Å². The van der Waals surface area contributed by atoms with E-state index >= 15 is 0 Å². The Bertz CT molecular complexity index is 694. The molecule has 2 rings (SSSR count). The Hall–Kier alpha value is -2.36. The Labute approximate surface area is 117 Å². The van der Waals surface area contributed by atoms with Crippen molar-refractivity contribution < 1.29 is 9.90 Å². The summed E-state index contributed by atoms with van der Waals surface area (Å²) >= 11 is 0. The second-order valence-electron chi connectivity index (χ2n) is 5.65. The Morgan fingerprint density at radius 2 is 1.75 bits per heavy atom. The normalized spacial score (nSPS) is 11.3. The summed E-state index contributed by atoms with van der Waals surface area (Å²) in [7, 11) is 0. The summed E-state index contributed by atoms with van der Waals surface area (Å²) in [5, 5.41) is 9.10.